The van der Waals surface area contributed by atoms with E-state index in [9.17, 15) is 4.79 Å². The van der Waals surface area contributed by atoms with Crippen molar-refractivity contribution >= 4 is 5.91 Å². The molecule has 1 amide bonds. The number of hydrogen-bond acceptors (Lipinski definition) is 4. The predicted octanol–water partition coefficient (Wildman–Crippen LogP) is 1.73. The van der Waals surface area contributed by atoms with E-state index in [0.717, 1.165) is 17.4 Å². The Kier molecular flexibility index (Phi) is 3.58. The van der Waals surface area contributed by atoms with Gasteiger partial charge in [0.25, 0.3) is 0 Å². The van der Waals surface area contributed by atoms with Crippen LogP contribution in [0.25, 0.3) is 0 Å². The van der Waals surface area contributed by atoms with E-state index >= 15 is 0 Å². The third-order valence-electron chi connectivity index (χ3n) is 4.90. The van der Waals surface area contributed by atoms with Gasteiger partial charge < -0.3 is 19.8 Å². The zero-order valence-electron chi connectivity index (χ0n) is 13.0. The lowest BCUT2D eigenvalue weighted by atomic mass is 9.84. The first-order valence-corrected chi connectivity index (χ1v) is 7.59. The molecule has 0 bridgehead atoms. The smallest absolute Gasteiger partial charge is 0.232 e. The minimum absolute atomic E-state index is 0.0187. The SMILES string of the molecule is CC1CC1c1ccc(CN(C)C(=O)C2(C)COCC2N)o1. The van der Waals surface area contributed by atoms with Gasteiger partial charge in [-0.25, -0.2) is 0 Å². The van der Waals surface area contributed by atoms with Gasteiger partial charge in [0.15, 0.2) is 0 Å². The Morgan fingerprint density at radius 3 is 2.81 bits per heavy atom. The highest BCUT2D eigenvalue weighted by Gasteiger charge is 2.46. The number of carbonyl (C=O) groups is 1. The van der Waals surface area contributed by atoms with Gasteiger partial charge in [0.2, 0.25) is 5.91 Å². The van der Waals surface area contributed by atoms with E-state index in [-0.39, 0.29) is 11.9 Å². The van der Waals surface area contributed by atoms with Crippen LogP contribution < -0.4 is 5.73 Å². The van der Waals surface area contributed by atoms with Crippen LogP contribution in [0.5, 0.6) is 0 Å². The van der Waals surface area contributed by atoms with E-state index in [4.69, 9.17) is 14.9 Å². The van der Waals surface area contributed by atoms with Crippen molar-refractivity contribution in [3.8, 4) is 0 Å². The number of rotatable bonds is 4. The van der Waals surface area contributed by atoms with Gasteiger partial charge in [-0.15, -0.1) is 0 Å². The van der Waals surface area contributed by atoms with Crippen LogP contribution in [-0.2, 0) is 16.1 Å². The second kappa shape index (κ2) is 5.14. The molecular weight excluding hydrogens is 268 g/mol. The molecule has 5 nitrogen and oxygen atoms in total. The Balaban J connectivity index is 1.64. The average molecular weight is 292 g/mol. The van der Waals surface area contributed by atoms with Gasteiger partial charge in [0.05, 0.1) is 25.2 Å². The molecule has 4 unspecified atom stereocenters. The van der Waals surface area contributed by atoms with Crippen LogP contribution in [0.15, 0.2) is 16.5 Å². The van der Waals surface area contributed by atoms with E-state index in [2.05, 4.69) is 6.92 Å². The van der Waals surface area contributed by atoms with Crippen molar-refractivity contribution in [2.45, 2.75) is 38.8 Å². The summed E-state index contributed by atoms with van der Waals surface area (Å²) < 4.78 is 11.2. The van der Waals surface area contributed by atoms with E-state index in [0.29, 0.717) is 25.7 Å². The van der Waals surface area contributed by atoms with E-state index in [1.165, 1.54) is 6.42 Å². The van der Waals surface area contributed by atoms with Crippen molar-refractivity contribution in [1.29, 1.82) is 0 Å². The molecule has 1 aliphatic carbocycles. The van der Waals surface area contributed by atoms with E-state index in [1.807, 2.05) is 19.1 Å². The molecule has 5 heteroatoms. The van der Waals surface area contributed by atoms with Crippen molar-refractivity contribution in [2.75, 3.05) is 20.3 Å². The van der Waals surface area contributed by atoms with Crippen LogP contribution in [0.2, 0.25) is 0 Å². The maximum Gasteiger partial charge on any atom is 0.232 e. The highest BCUT2D eigenvalue weighted by molar-refractivity contribution is 5.83. The van der Waals surface area contributed by atoms with E-state index < -0.39 is 5.41 Å². The normalized spacial score (nSPS) is 35.0. The number of nitrogens with two attached hydrogens (primary N) is 1. The van der Waals surface area contributed by atoms with Crippen LogP contribution in [0.4, 0.5) is 0 Å². The number of carbonyl (C=O) groups excluding carboxylic acids is 1. The summed E-state index contributed by atoms with van der Waals surface area (Å²) in [5.41, 5.74) is 5.39. The summed E-state index contributed by atoms with van der Waals surface area (Å²) in [4.78, 5) is 14.3. The number of amides is 1. The molecule has 1 aliphatic heterocycles. The summed E-state index contributed by atoms with van der Waals surface area (Å²) in [6.45, 7) is 5.41. The molecule has 0 aromatic carbocycles. The zero-order chi connectivity index (χ0) is 15.2. The molecule has 1 aromatic heterocycles. The summed E-state index contributed by atoms with van der Waals surface area (Å²) >= 11 is 0. The molecule has 1 aromatic rings. The molecule has 0 spiro atoms. The largest absolute Gasteiger partial charge is 0.464 e. The first-order valence-electron chi connectivity index (χ1n) is 7.59. The summed E-state index contributed by atoms with van der Waals surface area (Å²) in [6.07, 6.45) is 1.20. The molecule has 3 rings (SSSR count). The number of furan rings is 1. The fourth-order valence-electron chi connectivity index (χ4n) is 3.05. The molecule has 116 valence electrons. The fraction of sp³-hybridized carbons (Fsp3) is 0.688. The molecule has 2 N–H and O–H groups in total. The third-order valence-corrected chi connectivity index (χ3v) is 4.90. The molecule has 21 heavy (non-hydrogen) atoms. The minimum atomic E-state index is -0.630. The highest BCUT2D eigenvalue weighted by Crippen LogP contribution is 2.47. The molecule has 2 heterocycles. The standard InChI is InChI=1S/C16H24N2O3/c1-10-6-12(10)13-5-4-11(21-13)7-18(3)15(19)16(2)9-20-8-14(16)17/h4-5,10,12,14H,6-9,17H2,1-3H3. The molecule has 2 aliphatic rings. The quantitative estimate of drug-likeness (QED) is 0.917. The summed E-state index contributed by atoms with van der Waals surface area (Å²) in [5, 5.41) is 0. The Morgan fingerprint density at radius 1 is 1.52 bits per heavy atom. The molecule has 1 saturated carbocycles. The molecule has 4 atom stereocenters. The monoisotopic (exact) mass is 292 g/mol. The van der Waals surface area contributed by atoms with Crippen LogP contribution in [0.3, 0.4) is 0 Å². The lowest BCUT2D eigenvalue weighted by molar-refractivity contribution is -0.141. The van der Waals surface area contributed by atoms with Crippen molar-refractivity contribution in [3.05, 3.63) is 23.7 Å². The van der Waals surface area contributed by atoms with Crippen LogP contribution in [0, 0.1) is 11.3 Å². The predicted molar refractivity (Wildman–Crippen MR) is 78.6 cm³/mol. The number of ether oxygens (including phenoxy) is 1. The summed E-state index contributed by atoms with van der Waals surface area (Å²) in [6, 6.07) is 3.76. The van der Waals surface area contributed by atoms with Crippen molar-refractivity contribution in [3.63, 3.8) is 0 Å². The molecular formula is C16H24N2O3. The maximum absolute atomic E-state index is 12.6. The van der Waals surface area contributed by atoms with Gasteiger partial charge in [-0.05, 0) is 31.4 Å². The molecule has 0 radical (unpaired) electrons. The van der Waals surface area contributed by atoms with Crippen molar-refractivity contribution in [1.82, 2.24) is 4.90 Å². The van der Waals surface area contributed by atoms with Crippen LogP contribution in [-0.4, -0.2) is 37.1 Å². The maximum atomic E-state index is 12.6. The zero-order valence-corrected chi connectivity index (χ0v) is 13.0. The Morgan fingerprint density at radius 2 is 2.24 bits per heavy atom. The molecule has 1 saturated heterocycles. The fourth-order valence-corrected chi connectivity index (χ4v) is 3.05. The Hall–Kier alpha value is -1.33. The molecule has 2 fully saturated rings. The van der Waals surface area contributed by atoms with Crippen molar-refractivity contribution < 1.29 is 13.9 Å². The Labute approximate surface area is 125 Å². The average Bonchev–Trinajstić information content (AvgIpc) is 2.84. The second-order valence-corrected chi connectivity index (χ2v) is 6.82. The summed E-state index contributed by atoms with van der Waals surface area (Å²) in [5.74, 6) is 3.18. The lowest BCUT2D eigenvalue weighted by Gasteiger charge is -2.30. The first kappa shape index (κ1) is 14.6. The van der Waals surface area contributed by atoms with Crippen molar-refractivity contribution in [2.24, 2.45) is 17.1 Å². The van der Waals surface area contributed by atoms with Gasteiger partial charge in [0.1, 0.15) is 11.5 Å². The van der Waals surface area contributed by atoms with Gasteiger partial charge in [0, 0.05) is 19.0 Å². The van der Waals surface area contributed by atoms with Crippen LogP contribution in [0.1, 0.15) is 37.7 Å². The number of nitrogens with zero attached hydrogens (tertiary/aromatic N) is 1. The lowest BCUT2D eigenvalue weighted by Crippen LogP contribution is -2.50. The van der Waals surface area contributed by atoms with E-state index in [1.54, 1.807) is 11.9 Å². The minimum Gasteiger partial charge on any atom is -0.464 e. The highest BCUT2D eigenvalue weighted by atomic mass is 16.5. The van der Waals surface area contributed by atoms with Gasteiger partial charge in [-0.1, -0.05) is 6.92 Å². The van der Waals surface area contributed by atoms with Gasteiger partial charge in [-0.2, -0.15) is 0 Å². The second-order valence-electron chi connectivity index (χ2n) is 6.82. The van der Waals surface area contributed by atoms with Gasteiger partial charge in [-0.3, -0.25) is 4.79 Å². The third kappa shape index (κ3) is 2.60. The topological polar surface area (TPSA) is 68.7 Å². The summed E-state index contributed by atoms with van der Waals surface area (Å²) in [7, 11) is 1.79. The Bertz CT molecular complexity index is 541. The van der Waals surface area contributed by atoms with Gasteiger partial charge >= 0.3 is 0 Å². The number of hydrogen-bond donors (Lipinski definition) is 1. The van der Waals surface area contributed by atoms with Crippen LogP contribution >= 0.6 is 0 Å². The first-order chi connectivity index (χ1) is 9.91.